The Morgan fingerprint density at radius 3 is 2.80 bits per heavy atom. The van der Waals surface area contributed by atoms with Gasteiger partial charge >= 0.3 is 0 Å². The number of nitrogens with zero attached hydrogens (tertiary/aromatic N) is 2. The summed E-state index contributed by atoms with van der Waals surface area (Å²) in [5.74, 6) is 1.59. The summed E-state index contributed by atoms with van der Waals surface area (Å²) < 4.78 is 5.50. The van der Waals surface area contributed by atoms with Gasteiger partial charge in [-0.1, -0.05) is 0 Å². The Hall–Kier alpha value is -1.13. The molecule has 112 valence electrons. The standard InChI is InChI=1S/C16H27N3O/c1-11-8-18-15(13(3)16(11)20-4)10-19-9-14(7-17)6-5-12(19)2/h8,12,14H,5-7,9-10,17H2,1-4H3. The van der Waals surface area contributed by atoms with Crippen LogP contribution in [0.25, 0.3) is 0 Å². The molecule has 0 saturated carbocycles. The molecule has 1 aromatic rings. The first-order valence-corrected chi connectivity index (χ1v) is 7.50. The highest BCUT2D eigenvalue weighted by atomic mass is 16.5. The number of aromatic nitrogens is 1. The van der Waals surface area contributed by atoms with E-state index >= 15 is 0 Å². The monoisotopic (exact) mass is 277 g/mol. The number of hydrogen-bond acceptors (Lipinski definition) is 4. The van der Waals surface area contributed by atoms with E-state index in [4.69, 9.17) is 10.5 Å². The van der Waals surface area contributed by atoms with Gasteiger partial charge in [0.25, 0.3) is 0 Å². The van der Waals surface area contributed by atoms with Crippen LogP contribution in [0.2, 0.25) is 0 Å². The van der Waals surface area contributed by atoms with Crippen LogP contribution in [0, 0.1) is 19.8 Å². The van der Waals surface area contributed by atoms with E-state index in [1.165, 1.54) is 12.8 Å². The summed E-state index contributed by atoms with van der Waals surface area (Å²) >= 11 is 0. The lowest BCUT2D eigenvalue weighted by Gasteiger charge is -2.37. The van der Waals surface area contributed by atoms with E-state index in [1.807, 2.05) is 13.1 Å². The van der Waals surface area contributed by atoms with E-state index in [1.54, 1.807) is 7.11 Å². The van der Waals surface area contributed by atoms with Crippen molar-refractivity contribution in [2.24, 2.45) is 11.7 Å². The quantitative estimate of drug-likeness (QED) is 0.917. The second-order valence-electron chi connectivity index (χ2n) is 6.00. The maximum atomic E-state index is 5.84. The van der Waals surface area contributed by atoms with Gasteiger partial charge in [-0.3, -0.25) is 9.88 Å². The van der Waals surface area contributed by atoms with Crippen LogP contribution < -0.4 is 10.5 Å². The van der Waals surface area contributed by atoms with Crippen molar-refractivity contribution in [2.45, 2.75) is 46.2 Å². The van der Waals surface area contributed by atoms with Crippen LogP contribution in [0.3, 0.4) is 0 Å². The third-order valence-corrected chi connectivity index (χ3v) is 4.54. The average molecular weight is 277 g/mol. The predicted octanol–water partition coefficient (Wildman–Crippen LogP) is 2.27. The van der Waals surface area contributed by atoms with Gasteiger partial charge in [0.15, 0.2) is 0 Å². The summed E-state index contributed by atoms with van der Waals surface area (Å²) in [7, 11) is 1.73. The Kier molecular flexibility index (Phi) is 5.00. The van der Waals surface area contributed by atoms with Gasteiger partial charge < -0.3 is 10.5 Å². The Morgan fingerprint density at radius 2 is 2.15 bits per heavy atom. The van der Waals surface area contributed by atoms with E-state index in [2.05, 4.69) is 23.7 Å². The molecule has 1 saturated heterocycles. The summed E-state index contributed by atoms with van der Waals surface area (Å²) in [5.41, 5.74) is 9.22. The normalized spacial score (nSPS) is 23.9. The minimum absolute atomic E-state index is 0.603. The third kappa shape index (κ3) is 3.13. The summed E-state index contributed by atoms with van der Waals surface area (Å²) in [4.78, 5) is 7.12. The molecular formula is C16H27N3O. The SMILES string of the molecule is COc1c(C)cnc(CN2CC(CN)CCC2C)c1C. The second-order valence-corrected chi connectivity index (χ2v) is 6.00. The largest absolute Gasteiger partial charge is 0.496 e. The number of pyridine rings is 1. The molecule has 20 heavy (non-hydrogen) atoms. The Balaban J connectivity index is 2.16. The molecule has 0 aliphatic carbocycles. The predicted molar refractivity (Wildman–Crippen MR) is 81.9 cm³/mol. The van der Waals surface area contributed by atoms with Crippen molar-refractivity contribution >= 4 is 0 Å². The molecule has 2 unspecified atom stereocenters. The number of likely N-dealkylation sites (tertiary alicyclic amines) is 1. The number of aryl methyl sites for hydroxylation is 1. The van der Waals surface area contributed by atoms with Gasteiger partial charge in [-0.2, -0.15) is 0 Å². The fourth-order valence-electron chi connectivity index (χ4n) is 3.10. The number of nitrogens with two attached hydrogens (primary N) is 1. The molecule has 0 aromatic carbocycles. The third-order valence-electron chi connectivity index (χ3n) is 4.54. The molecule has 0 radical (unpaired) electrons. The van der Waals surface area contributed by atoms with Gasteiger partial charge in [-0.25, -0.2) is 0 Å². The van der Waals surface area contributed by atoms with Gasteiger partial charge in [0.2, 0.25) is 0 Å². The zero-order valence-electron chi connectivity index (χ0n) is 13.1. The molecule has 1 fully saturated rings. The first kappa shape index (κ1) is 15.3. The minimum atomic E-state index is 0.603. The van der Waals surface area contributed by atoms with Crippen molar-refractivity contribution in [1.82, 2.24) is 9.88 Å². The van der Waals surface area contributed by atoms with Crippen LogP contribution in [0.1, 0.15) is 36.6 Å². The molecule has 1 aliphatic rings. The van der Waals surface area contributed by atoms with E-state index in [9.17, 15) is 0 Å². The smallest absolute Gasteiger partial charge is 0.128 e. The number of methoxy groups -OCH3 is 1. The Labute approximate surface area is 122 Å². The molecule has 2 heterocycles. The van der Waals surface area contributed by atoms with E-state index < -0.39 is 0 Å². The van der Waals surface area contributed by atoms with Gasteiger partial charge in [0.05, 0.1) is 12.8 Å². The van der Waals surface area contributed by atoms with Crippen LogP contribution in [0.15, 0.2) is 6.20 Å². The zero-order chi connectivity index (χ0) is 14.7. The topological polar surface area (TPSA) is 51.4 Å². The van der Waals surface area contributed by atoms with Crippen molar-refractivity contribution in [1.29, 1.82) is 0 Å². The summed E-state index contributed by atoms with van der Waals surface area (Å²) in [5, 5.41) is 0. The number of hydrogen-bond donors (Lipinski definition) is 1. The van der Waals surface area contributed by atoms with Crippen molar-refractivity contribution in [3.63, 3.8) is 0 Å². The van der Waals surface area contributed by atoms with Crippen molar-refractivity contribution in [3.05, 3.63) is 23.0 Å². The Morgan fingerprint density at radius 1 is 1.40 bits per heavy atom. The molecule has 0 bridgehead atoms. The first-order chi connectivity index (χ1) is 9.56. The fraction of sp³-hybridized carbons (Fsp3) is 0.688. The fourth-order valence-corrected chi connectivity index (χ4v) is 3.10. The molecular weight excluding hydrogens is 250 g/mol. The van der Waals surface area contributed by atoms with Crippen LogP contribution in [-0.4, -0.2) is 36.1 Å². The molecule has 1 aliphatic heterocycles. The second kappa shape index (κ2) is 6.55. The van der Waals surface area contributed by atoms with Crippen LogP contribution in [-0.2, 0) is 6.54 Å². The molecule has 4 nitrogen and oxygen atoms in total. The van der Waals surface area contributed by atoms with E-state index in [0.29, 0.717) is 12.0 Å². The molecule has 2 atom stereocenters. The van der Waals surface area contributed by atoms with Gasteiger partial charge in [0.1, 0.15) is 5.75 Å². The molecule has 0 spiro atoms. The van der Waals surface area contributed by atoms with Crippen molar-refractivity contribution < 1.29 is 4.74 Å². The summed E-state index contributed by atoms with van der Waals surface area (Å²) in [6, 6.07) is 0.603. The summed E-state index contributed by atoms with van der Waals surface area (Å²) in [6.07, 6.45) is 4.39. The van der Waals surface area contributed by atoms with E-state index in [0.717, 1.165) is 42.2 Å². The van der Waals surface area contributed by atoms with Crippen LogP contribution >= 0.6 is 0 Å². The lowest BCUT2D eigenvalue weighted by atomic mass is 9.93. The van der Waals surface area contributed by atoms with Crippen molar-refractivity contribution in [2.75, 3.05) is 20.2 Å². The summed E-state index contributed by atoms with van der Waals surface area (Å²) in [6.45, 7) is 9.19. The number of piperidine rings is 1. The molecule has 2 N–H and O–H groups in total. The maximum absolute atomic E-state index is 5.84. The highest BCUT2D eigenvalue weighted by Crippen LogP contribution is 2.27. The lowest BCUT2D eigenvalue weighted by molar-refractivity contribution is 0.111. The van der Waals surface area contributed by atoms with Crippen LogP contribution in [0.5, 0.6) is 5.75 Å². The molecule has 4 heteroatoms. The highest BCUT2D eigenvalue weighted by Gasteiger charge is 2.25. The van der Waals surface area contributed by atoms with E-state index in [-0.39, 0.29) is 0 Å². The highest BCUT2D eigenvalue weighted by molar-refractivity contribution is 5.41. The average Bonchev–Trinajstić information content (AvgIpc) is 2.44. The number of ether oxygens (including phenoxy) is 1. The van der Waals surface area contributed by atoms with Crippen LogP contribution in [0.4, 0.5) is 0 Å². The van der Waals surface area contributed by atoms with Gasteiger partial charge in [0, 0.05) is 36.5 Å². The Bertz CT molecular complexity index is 461. The maximum Gasteiger partial charge on any atom is 0.128 e. The van der Waals surface area contributed by atoms with Gasteiger partial charge in [-0.15, -0.1) is 0 Å². The zero-order valence-corrected chi connectivity index (χ0v) is 13.1. The molecule has 1 aromatic heterocycles. The lowest BCUT2D eigenvalue weighted by Crippen LogP contribution is -2.43. The number of rotatable bonds is 4. The first-order valence-electron chi connectivity index (χ1n) is 7.50. The molecule has 0 amide bonds. The molecule has 2 rings (SSSR count). The minimum Gasteiger partial charge on any atom is -0.496 e. The van der Waals surface area contributed by atoms with Gasteiger partial charge in [-0.05, 0) is 46.1 Å². The van der Waals surface area contributed by atoms with Crippen molar-refractivity contribution in [3.8, 4) is 5.75 Å².